The molecule has 1 unspecified atom stereocenters. The van der Waals surface area contributed by atoms with Crippen LogP contribution in [0, 0.1) is 0 Å². The smallest absolute Gasteiger partial charge is 0.416 e. The Hall–Kier alpha value is -3.10. The van der Waals surface area contributed by atoms with Crippen LogP contribution in [0.25, 0.3) is 0 Å². The van der Waals surface area contributed by atoms with Gasteiger partial charge in [0.1, 0.15) is 11.8 Å². The van der Waals surface area contributed by atoms with E-state index in [4.69, 9.17) is 14.2 Å². The van der Waals surface area contributed by atoms with Gasteiger partial charge >= 0.3 is 6.18 Å². The molecule has 2 N–H and O–H groups in total. The minimum absolute atomic E-state index is 0.0910. The molecular weight excluding hydrogens is 401 g/mol. The largest absolute Gasteiger partial charge is 0.493 e. The minimum Gasteiger partial charge on any atom is -0.493 e. The number of carbonyl (C=O) groups excluding carboxylic acids is 1. The summed E-state index contributed by atoms with van der Waals surface area (Å²) in [4.78, 5) is 12.6. The summed E-state index contributed by atoms with van der Waals surface area (Å²) in [5.41, 5.74) is -0.285. The fraction of sp³-hybridized carbons (Fsp3) is 0.381. The second-order valence-electron chi connectivity index (χ2n) is 6.48. The Kier molecular flexibility index (Phi) is 7.79. The lowest BCUT2D eigenvalue weighted by atomic mass is 10.1. The average Bonchev–Trinajstić information content (AvgIpc) is 2.71. The predicted octanol–water partition coefficient (Wildman–Crippen LogP) is 4.95. The minimum atomic E-state index is -4.51. The molecule has 0 fully saturated rings. The number of benzene rings is 2. The number of anilines is 2. The van der Waals surface area contributed by atoms with Crippen LogP contribution in [0.5, 0.6) is 17.2 Å². The molecule has 9 heteroatoms. The molecule has 2 aromatic carbocycles. The van der Waals surface area contributed by atoms with Crippen molar-refractivity contribution in [1.82, 2.24) is 0 Å². The highest BCUT2D eigenvalue weighted by Gasteiger charge is 2.31. The molecule has 164 valence electrons. The number of hydrogen-bond acceptors (Lipinski definition) is 5. The fourth-order valence-electron chi connectivity index (χ4n) is 2.62. The zero-order valence-electron chi connectivity index (χ0n) is 17.2. The molecule has 2 rings (SSSR count). The number of ether oxygens (including phenoxy) is 3. The first-order chi connectivity index (χ1) is 14.2. The van der Waals surface area contributed by atoms with Crippen molar-refractivity contribution in [1.29, 1.82) is 0 Å². The van der Waals surface area contributed by atoms with Crippen LogP contribution < -0.4 is 24.8 Å². The first-order valence-corrected chi connectivity index (χ1v) is 9.33. The van der Waals surface area contributed by atoms with Crippen molar-refractivity contribution in [3.63, 3.8) is 0 Å². The molecule has 6 nitrogen and oxygen atoms in total. The van der Waals surface area contributed by atoms with Crippen LogP contribution >= 0.6 is 0 Å². The number of alkyl halides is 3. The van der Waals surface area contributed by atoms with Gasteiger partial charge in [0.05, 0.1) is 32.1 Å². The van der Waals surface area contributed by atoms with E-state index < -0.39 is 23.7 Å². The molecule has 0 aliphatic rings. The van der Waals surface area contributed by atoms with E-state index in [2.05, 4.69) is 10.6 Å². The fourth-order valence-corrected chi connectivity index (χ4v) is 2.62. The molecule has 0 aliphatic heterocycles. The van der Waals surface area contributed by atoms with E-state index in [0.29, 0.717) is 30.2 Å². The molecule has 1 atom stereocenters. The molecule has 0 aromatic heterocycles. The summed E-state index contributed by atoms with van der Waals surface area (Å²) < 4.78 is 55.2. The van der Waals surface area contributed by atoms with Gasteiger partial charge < -0.3 is 24.8 Å². The number of hydrogen-bond donors (Lipinski definition) is 2. The molecule has 2 aromatic rings. The van der Waals surface area contributed by atoms with Crippen LogP contribution in [-0.2, 0) is 11.0 Å². The normalized spacial score (nSPS) is 12.1. The first-order valence-electron chi connectivity index (χ1n) is 9.33. The maximum absolute atomic E-state index is 13.1. The van der Waals surface area contributed by atoms with Crippen molar-refractivity contribution in [3.8, 4) is 17.2 Å². The quantitative estimate of drug-likeness (QED) is 0.594. The molecular formula is C21H25F3N2O4. The van der Waals surface area contributed by atoms with Crippen molar-refractivity contribution < 1.29 is 32.2 Å². The van der Waals surface area contributed by atoms with Crippen molar-refractivity contribution in [2.24, 2.45) is 0 Å². The van der Waals surface area contributed by atoms with E-state index in [1.165, 1.54) is 20.3 Å². The van der Waals surface area contributed by atoms with Gasteiger partial charge in [-0.2, -0.15) is 13.2 Å². The van der Waals surface area contributed by atoms with E-state index in [0.717, 1.165) is 12.1 Å². The number of rotatable bonds is 9. The van der Waals surface area contributed by atoms with Gasteiger partial charge in [-0.3, -0.25) is 4.79 Å². The molecule has 0 saturated heterocycles. The van der Waals surface area contributed by atoms with E-state index in [-0.39, 0.29) is 11.4 Å². The third-order valence-electron chi connectivity index (χ3n) is 4.18. The molecule has 0 radical (unpaired) electrons. The van der Waals surface area contributed by atoms with Crippen LogP contribution in [0.15, 0.2) is 36.4 Å². The summed E-state index contributed by atoms with van der Waals surface area (Å²) in [6.45, 7) is 3.77. The Morgan fingerprint density at radius 2 is 1.70 bits per heavy atom. The molecule has 1 amide bonds. The highest BCUT2D eigenvalue weighted by molar-refractivity contribution is 5.96. The van der Waals surface area contributed by atoms with Crippen molar-refractivity contribution >= 4 is 17.3 Å². The lowest BCUT2D eigenvalue weighted by Gasteiger charge is -2.20. The van der Waals surface area contributed by atoms with Crippen LogP contribution in [0.1, 0.15) is 25.8 Å². The van der Waals surface area contributed by atoms with Gasteiger partial charge in [0.2, 0.25) is 5.91 Å². The summed E-state index contributed by atoms with van der Waals surface area (Å²) in [7, 11) is 2.97. The Labute approximate surface area is 173 Å². The second-order valence-corrected chi connectivity index (χ2v) is 6.48. The molecule has 0 spiro atoms. The van der Waals surface area contributed by atoms with Gasteiger partial charge in [0.15, 0.2) is 11.5 Å². The summed E-state index contributed by atoms with van der Waals surface area (Å²) in [6, 6.07) is 7.15. The Morgan fingerprint density at radius 1 is 1.03 bits per heavy atom. The number of nitrogens with one attached hydrogen (secondary N) is 2. The van der Waals surface area contributed by atoms with Gasteiger partial charge in [-0.1, -0.05) is 6.92 Å². The topological polar surface area (TPSA) is 68.8 Å². The Balaban J connectivity index is 2.19. The first kappa shape index (κ1) is 23.2. The summed E-state index contributed by atoms with van der Waals surface area (Å²) in [5.74, 6) is 0.740. The number of halogens is 3. The predicted molar refractivity (Wildman–Crippen MR) is 108 cm³/mol. The Morgan fingerprint density at radius 3 is 2.30 bits per heavy atom. The summed E-state index contributed by atoms with van der Waals surface area (Å²) >= 11 is 0. The summed E-state index contributed by atoms with van der Waals surface area (Å²) in [6.07, 6.45) is -3.82. The maximum atomic E-state index is 13.1. The van der Waals surface area contributed by atoms with Crippen LogP contribution in [-0.4, -0.2) is 32.8 Å². The van der Waals surface area contributed by atoms with E-state index in [1.54, 1.807) is 25.1 Å². The van der Waals surface area contributed by atoms with Crippen molar-refractivity contribution in [3.05, 3.63) is 42.0 Å². The Bertz CT molecular complexity index is 872. The maximum Gasteiger partial charge on any atom is 0.416 e. The van der Waals surface area contributed by atoms with E-state index in [1.807, 2.05) is 6.92 Å². The van der Waals surface area contributed by atoms with Crippen LogP contribution in [0.4, 0.5) is 24.5 Å². The molecule has 0 aliphatic carbocycles. The second kappa shape index (κ2) is 10.1. The van der Waals surface area contributed by atoms with E-state index >= 15 is 0 Å². The molecule has 0 heterocycles. The lowest BCUT2D eigenvalue weighted by Crippen LogP contribution is -2.32. The average molecular weight is 426 g/mol. The van der Waals surface area contributed by atoms with Gasteiger partial charge in [0, 0.05) is 11.8 Å². The van der Waals surface area contributed by atoms with Crippen LogP contribution in [0.3, 0.4) is 0 Å². The van der Waals surface area contributed by atoms with Crippen molar-refractivity contribution in [2.75, 3.05) is 31.5 Å². The highest BCUT2D eigenvalue weighted by atomic mass is 19.4. The van der Waals surface area contributed by atoms with Gasteiger partial charge in [-0.15, -0.1) is 0 Å². The van der Waals surface area contributed by atoms with E-state index in [9.17, 15) is 18.0 Å². The highest BCUT2D eigenvalue weighted by Crippen LogP contribution is 2.35. The number of carbonyl (C=O) groups is 1. The molecule has 0 saturated carbocycles. The van der Waals surface area contributed by atoms with Gasteiger partial charge in [-0.25, -0.2) is 0 Å². The lowest BCUT2D eigenvalue weighted by molar-refractivity contribution is -0.137. The summed E-state index contributed by atoms with van der Waals surface area (Å²) in [5, 5.41) is 5.51. The van der Waals surface area contributed by atoms with Crippen molar-refractivity contribution in [2.45, 2.75) is 32.5 Å². The monoisotopic (exact) mass is 426 g/mol. The number of methoxy groups -OCH3 is 2. The standard InChI is InChI=1S/C21H25F3N2O4/c1-5-10-30-17-8-6-14(21(22,23)24)11-16(17)25-13(2)20(27)26-15-7-9-18(28-3)19(12-15)29-4/h6-9,11-13,25H,5,10H2,1-4H3,(H,26,27). The van der Waals surface area contributed by atoms with Gasteiger partial charge in [-0.05, 0) is 43.7 Å². The third kappa shape index (κ3) is 5.95. The third-order valence-corrected chi connectivity index (χ3v) is 4.18. The van der Waals surface area contributed by atoms with Gasteiger partial charge in [0.25, 0.3) is 0 Å². The molecule has 0 bridgehead atoms. The zero-order valence-corrected chi connectivity index (χ0v) is 17.2. The number of amides is 1. The SMILES string of the molecule is CCCOc1ccc(C(F)(F)F)cc1NC(C)C(=O)Nc1ccc(OC)c(OC)c1. The van der Waals surface area contributed by atoms with Crippen LogP contribution in [0.2, 0.25) is 0 Å². The zero-order chi connectivity index (χ0) is 22.3. The molecule has 30 heavy (non-hydrogen) atoms.